The number of nitrogens with one attached hydrogen (secondary N) is 1. The van der Waals surface area contributed by atoms with Gasteiger partial charge in [-0.2, -0.15) is 0 Å². The number of hydrogen-bond donors (Lipinski definition) is 1. The SMILES string of the molecule is C[C@@H]1C[C@@H]1C(=O)N1CCC2(CCCN2)CC1. The highest BCUT2D eigenvalue weighted by molar-refractivity contribution is 5.81. The zero-order valence-electron chi connectivity index (χ0n) is 10.2. The summed E-state index contributed by atoms with van der Waals surface area (Å²) in [6, 6.07) is 0. The van der Waals surface area contributed by atoms with Gasteiger partial charge in [0.25, 0.3) is 0 Å². The van der Waals surface area contributed by atoms with E-state index in [1.165, 1.54) is 32.2 Å². The summed E-state index contributed by atoms with van der Waals surface area (Å²) in [5.41, 5.74) is 0.395. The summed E-state index contributed by atoms with van der Waals surface area (Å²) in [5, 5.41) is 3.65. The van der Waals surface area contributed by atoms with Crippen molar-refractivity contribution in [3.63, 3.8) is 0 Å². The van der Waals surface area contributed by atoms with E-state index in [2.05, 4.69) is 17.1 Å². The van der Waals surface area contributed by atoms with Crippen molar-refractivity contribution < 1.29 is 4.79 Å². The van der Waals surface area contributed by atoms with Crippen LogP contribution in [0.5, 0.6) is 0 Å². The Balaban J connectivity index is 1.56. The smallest absolute Gasteiger partial charge is 0.225 e. The van der Waals surface area contributed by atoms with Gasteiger partial charge in [-0.05, 0) is 44.6 Å². The van der Waals surface area contributed by atoms with Crippen molar-refractivity contribution in [2.45, 2.75) is 44.6 Å². The summed E-state index contributed by atoms with van der Waals surface area (Å²) < 4.78 is 0. The second-order valence-electron chi connectivity index (χ2n) is 5.96. The fourth-order valence-corrected chi connectivity index (χ4v) is 3.35. The summed E-state index contributed by atoms with van der Waals surface area (Å²) in [6.07, 6.45) is 6.08. The lowest BCUT2D eigenvalue weighted by molar-refractivity contribution is -0.134. The number of piperidine rings is 1. The minimum atomic E-state index is 0.366. The molecule has 3 heteroatoms. The predicted molar refractivity (Wildman–Crippen MR) is 63.1 cm³/mol. The van der Waals surface area contributed by atoms with Crippen molar-refractivity contribution in [2.75, 3.05) is 19.6 Å². The van der Waals surface area contributed by atoms with Gasteiger partial charge in [0.1, 0.15) is 0 Å². The average Bonchev–Trinajstić information content (AvgIpc) is 2.85. The van der Waals surface area contributed by atoms with E-state index in [-0.39, 0.29) is 0 Å². The van der Waals surface area contributed by atoms with E-state index in [1.54, 1.807) is 0 Å². The lowest BCUT2D eigenvalue weighted by Gasteiger charge is -2.39. The Morgan fingerprint density at radius 1 is 1.31 bits per heavy atom. The van der Waals surface area contributed by atoms with Crippen LogP contribution in [0.15, 0.2) is 0 Å². The molecule has 2 heterocycles. The van der Waals surface area contributed by atoms with Crippen molar-refractivity contribution in [1.29, 1.82) is 0 Å². The van der Waals surface area contributed by atoms with E-state index < -0.39 is 0 Å². The average molecular weight is 222 g/mol. The number of nitrogens with zero attached hydrogens (tertiary/aromatic N) is 1. The van der Waals surface area contributed by atoms with Crippen molar-refractivity contribution in [3.05, 3.63) is 0 Å². The third-order valence-electron chi connectivity index (χ3n) is 4.79. The van der Waals surface area contributed by atoms with Crippen LogP contribution in [-0.4, -0.2) is 36.0 Å². The number of amides is 1. The second-order valence-corrected chi connectivity index (χ2v) is 5.96. The highest BCUT2D eigenvalue weighted by Crippen LogP contribution is 2.40. The first kappa shape index (κ1) is 10.6. The second kappa shape index (κ2) is 3.73. The Labute approximate surface area is 97.6 Å². The summed E-state index contributed by atoms with van der Waals surface area (Å²) in [4.78, 5) is 14.2. The van der Waals surface area contributed by atoms with Gasteiger partial charge in [0.2, 0.25) is 5.91 Å². The van der Waals surface area contributed by atoms with Crippen LogP contribution in [0.4, 0.5) is 0 Å². The summed E-state index contributed by atoms with van der Waals surface area (Å²) in [7, 11) is 0. The first-order valence-electron chi connectivity index (χ1n) is 6.74. The third-order valence-corrected chi connectivity index (χ3v) is 4.79. The topological polar surface area (TPSA) is 32.3 Å². The molecular weight excluding hydrogens is 200 g/mol. The molecule has 90 valence electrons. The molecule has 0 bridgehead atoms. The van der Waals surface area contributed by atoms with E-state index in [4.69, 9.17) is 0 Å². The molecule has 1 aliphatic carbocycles. The molecule has 1 N–H and O–H groups in total. The first-order chi connectivity index (χ1) is 7.70. The molecule has 3 nitrogen and oxygen atoms in total. The van der Waals surface area contributed by atoms with Crippen LogP contribution >= 0.6 is 0 Å². The largest absolute Gasteiger partial charge is 0.342 e. The van der Waals surface area contributed by atoms with E-state index >= 15 is 0 Å². The van der Waals surface area contributed by atoms with Crippen LogP contribution in [0.3, 0.4) is 0 Å². The minimum Gasteiger partial charge on any atom is -0.342 e. The van der Waals surface area contributed by atoms with Crippen LogP contribution in [0.1, 0.15) is 39.0 Å². The Bertz CT molecular complexity index is 286. The van der Waals surface area contributed by atoms with Gasteiger partial charge in [-0.3, -0.25) is 4.79 Å². The Hall–Kier alpha value is -0.570. The zero-order valence-corrected chi connectivity index (χ0v) is 10.2. The normalized spacial score (nSPS) is 36.7. The molecule has 2 saturated heterocycles. The molecule has 0 aromatic carbocycles. The number of carbonyl (C=O) groups is 1. The number of rotatable bonds is 1. The third kappa shape index (κ3) is 1.75. The molecule has 2 aliphatic heterocycles. The molecule has 1 amide bonds. The summed E-state index contributed by atoms with van der Waals surface area (Å²) >= 11 is 0. The molecule has 2 atom stereocenters. The maximum absolute atomic E-state index is 12.1. The van der Waals surface area contributed by atoms with Gasteiger partial charge >= 0.3 is 0 Å². The Morgan fingerprint density at radius 3 is 2.50 bits per heavy atom. The van der Waals surface area contributed by atoms with Crippen LogP contribution in [0.2, 0.25) is 0 Å². The van der Waals surface area contributed by atoms with E-state index in [0.29, 0.717) is 23.3 Å². The lowest BCUT2D eigenvalue weighted by atomic mass is 9.86. The zero-order chi connectivity index (χ0) is 11.2. The standard InChI is InChI=1S/C13H22N2O/c1-10-9-11(10)12(16)15-7-4-13(5-8-15)3-2-6-14-13/h10-11,14H,2-9H2,1H3/t10-,11+/m1/s1. The molecule has 0 unspecified atom stereocenters. The first-order valence-corrected chi connectivity index (χ1v) is 6.74. The van der Waals surface area contributed by atoms with Crippen molar-refractivity contribution in [1.82, 2.24) is 10.2 Å². The maximum atomic E-state index is 12.1. The van der Waals surface area contributed by atoms with Crippen molar-refractivity contribution in [2.24, 2.45) is 11.8 Å². The quantitative estimate of drug-likeness (QED) is 0.727. The molecule has 1 saturated carbocycles. The maximum Gasteiger partial charge on any atom is 0.225 e. The fraction of sp³-hybridized carbons (Fsp3) is 0.923. The fourth-order valence-electron chi connectivity index (χ4n) is 3.35. The number of hydrogen-bond acceptors (Lipinski definition) is 2. The van der Waals surface area contributed by atoms with Gasteiger partial charge in [-0.1, -0.05) is 6.92 Å². The Morgan fingerprint density at radius 2 is 2.00 bits per heavy atom. The molecule has 0 aromatic rings. The van der Waals surface area contributed by atoms with Crippen LogP contribution in [0.25, 0.3) is 0 Å². The van der Waals surface area contributed by atoms with E-state index in [1.807, 2.05) is 0 Å². The van der Waals surface area contributed by atoms with Gasteiger partial charge in [0, 0.05) is 24.5 Å². The molecule has 0 aromatic heterocycles. The monoisotopic (exact) mass is 222 g/mol. The van der Waals surface area contributed by atoms with Gasteiger partial charge in [0.05, 0.1) is 0 Å². The molecule has 3 fully saturated rings. The van der Waals surface area contributed by atoms with Gasteiger partial charge in [0.15, 0.2) is 0 Å². The van der Waals surface area contributed by atoms with Gasteiger partial charge < -0.3 is 10.2 Å². The molecular formula is C13H22N2O. The van der Waals surface area contributed by atoms with Crippen LogP contribution in [0, 0.1) is 11.8 Å². The molecule has 16 heavy (non-hydrogen) atoms. The molecule has 0 radical (unpaired) electrons. The van der Waals surface area contributed by atoms with Crippen molar-refractivity contribution >= 4 is 5.91 Å². The number of likely N-dealkylation sites (tertiary alicyclic amines) is 1. The predicted octanol–water partition coefficient (Wildman–Crippen LogP) is 1.39. The molecule has 1 spiro atoms. The summed E-state index contributed by atoms with van der Waals surface area (Å²) in [5.74, 6) is 1.44. The number of carbonyl (C=O) groups excluding carboxylic acids is 1. The summed E-state index contributed by atoms with van der Waals surface area (Å²) in [6.45, 7) is 5.32. The van der Waals surface area contributed by atoms with E-state index in [9.17, 15) is 4.79 Å². The highest BCUT2D eigenvalue weighted by atomic mass is 16.2. The minimum absolute atomic E-state index is 0.366. The lowest BCUT2D eigenvalue weighted by Crippen LogP contribution is -2.51. The Kier molecular flexibility index (Phi) is 2.46. The molecule has 3 aliphatic rings. The van der Waals surface area contributed by atoms with E-state index in [0.717, 1.165) is 19.5 Å². The van der Waals surface area contributed by atoms with Crippen LogP contribution in [-0.2, 0) is 4.79 Å². The van der Waals surface area contributed by atoms with Gasteiger partial charge in [-0.25, -0.2) is 0 Å². The van der Waals surface area contributed by atoms with Crippen molar-refractivity contribution in [3.8, 4) is 0 Å². The molecule has 3 rings (SSSR count). The van der Waals surface area contributed by atoms with Crippen LogP contribution < -0.4 is 5.32 Å². The van der Waals surface area contributed by atoms with Gasteiger partial charge in [-0.15, -0.1) is 0 Å². The highest BCUT2D eigenvalue weighted by Gasteiger charge is 2.44.